The third kappa shape index (κ3) is 6.05. The van der Waals surface area contributed by atoms with E-state index in [4.69, 9.17) is 16.3 Å². The molecule has 1 aliphatic rings. The van der Waals surface area contributed by atoms with Crippen LogP contribution in [0.5, 0.6) is 5.75 Å². The molecule has 0 bridgehead atoms. The van der Waals surface area contributed by atoms with Crippen LogP contribution in [0.15, 0.2) is 36.4 Å². The Morgan fingerprint density at radius 3 is 2.90 bits per heavy atom. The molecule has 1 atom stereocenters. The first kappa shape index (κ1) is 20.9. The summed E-state index contributed by atoms with van der Waals surface area (Å²) in [5.74, 6) is 0.830. The molecule has 1 saturated heterocycles. The number of anilines is 2. The predicted molar refractivity (Wildman–Crippen MR) is 111 cm³/mol. The van der Waals surface area contributed by atoms with Crippen LogP contribution >= 0.6 is 11.6 Å². The molecule has 1 aromatic heterocycles. The molecule has 29 heavy (non-hydrogen) atoms. The number of rotatable bonds is 7. The van der Waals surface area contributed by atoms with Gasteiger partial charge in [0.2, 0.25) is 5.91 Å². The van der Waals surface area contributed by atoms with Crippen LogP contribution in [-0.4, -0.2) is 48.3 Å². The molecule has 0 aliphatic carbocycles. The van der Waals surface area contributed by atoms with Crippen LogP contribution in [0.2, 0.25) is 5.15 Å². The highest BCUT2D eigenvalue weighted by Gasteiger charge is 2.27. The number of hydrogen-bond donors (Lipinski definition) is 2. The Morgan fingerprint density at radius 1 is 1.28 bits per heavy atom. The number of ether oxygens (including phenoxy) is 1. The first-order valence-corrected chi connectivity index (χ1v) is 9.97. The molecule has 1 aromatic carbocycles. The number of hydrogen-bond acceptors (Lipinski definition) is 6. The van der Waals surface area contributed by atoms with E-state index in [1.54, 1.807) is 30.3 Å². The number of halogens is 1. The highest BCUT2D eigenvalue weighted by Crippen LogP contribution is 2.24. The lowest BCUT2D eigenvalue weighted by Gasteiger charge is -2.32. The number of benzene rings is 1. The normalized spacial score (nSPS) is 16.2. The summed E-state index contributed by atoms with van der Waals surface area (Å²) < 4.78 is 5.48. The maximum atomic E-state index is 12.8. The van der Waals surface area contributed by atoms with Crippen molar-refractivity contribution >= 4 is 34.9 Å². The summed E-state index contributed by atoms with van der Waals surface area (Å²) >= 11 is 5.80. The molecule has 1 aliphatic heterocycles. The highest BCUT2D eigenvalue weighted by atomic mass is 35.5. The van der Waals surface area contributed by atoms with Gasteiger partial charge >= 0.3 is 0 Å². The summed E-state index contributed by atoms with van der Waals surface area (Å²) in [5.41, 5.74) is 0.631. The second kappa shape index (κ2) is 10.1. The van der Waals surface area contributed by atoms with Gasteiger partial charge in [0.25, 0.3) is 5.91 Å². The van der Waals surface area contributed by atoms with Crippen LogP contribution in [0.1, 0.15) is 19.8 Å². The summed E-state index contributed by atoms with van der Waals surface area (Å²) in [5, 5.41) is 13.9. The average Bonchev–Trinajstić information content (AvgIpc) is 2.73. The second-order valence-electron chi connectivity index (χ2n) is 6.76. The predicted octanol–water partition coefficient (Wildman–Crippen LogP) is 2.50. The highest BCUT2D eigenvalue weighted by molar-refractivity contribution is 6.29. The molecule has 3 rings (SSSR count). The quantitative estimate of drug-likeness (QED) is 0.718. The van der Waals surface area contributed by atoms with Crippen LogP contribution in [0, 0.1) is 5.92 Å². The molecule has 1 fully saturated rings. The monoisotopic (exact) mass is 417 g/mol. The molecule has 2 aromatic rings. The zero-order valence-electron chi connectivity index (χ0n) is 16.2. The smallest absolute Gasteiger partial charge is 0.257 e. The number of carbonyl (C=O) groups is 2. The summed E-state index contributed by atoms with van der Waals surface area (Å²) in [6.07, 6.45) is 1.69. The van der Waals surface area contributed by atoms with E-state index < -0.39 is 0 Å². The van der Waals surface area contributed by atoms with E-state index in [0.29, 0.717) is 35.5 Å². The number of nitrogens with zero attached hydrogens (tertiary/aromatic N) is 3. The maximum Gasteiger partial charge on any atom is 0.257 e. The molecule has 9 heteroatoms. The van der Waals surface area contributed by atoms with Crippen LogP contribution in [0.4, 0.5) is 11.5 Å². The van der Waals surface area contributed by atoms with Gasteiger partial charge in [-0.1, -0.05) is 17.7 Å². The van der Waals surface area contributed by atoms with Crippen molar-refractivity contribution < 1.29 is 14.3 Å². The number of aromatic nitrogens is 2. The van der Waals surface area contributed by atoms with E-state index in [-0.39, 0.29) is 24.3 Å². The Kier molecular flexibility index (Phi) is 7.24. The summed E-state index contributed by atoms with van der Waals surface area (Å²) in [7, 11) is 0. The molecule has 8 nitrogen and oxygen atoms in total. The van der Waals surface area contributed by atoms with Gasteiger partial charge in [-0.2, -0.15) is 0 Å². The van der Waals surface area contributed by atoms with Gasteiger partial charge in [0.05, 0.1) is 5.92 Å². The molecule has 0 radical (unpaired) electrons. The zero-order valence-corrected chi connectivity index (χ0v) is 17.0. The Labute approximate surface area is 174 Å². The van der Waals surface area contributed by atoms with Gasteiger partial charge in [0.1, 0.15) is 5.75 Å². The Balaban J connectivity index is 1.57. The van der Waals surface area contributed by atoms with Gasteiger partial charge in [-0.25, -0.2) is 0 Å². The van der Waals surface area contributed by atoms with E-state index in [1.165, 1.54) is 0 Å². The molecule has 154 valence electrons. The zero-order chi connectivity index (χ0) is 20.6. The van der Waals surface area contributed by atoms with Crippen molar-refractivity contribution in [1.82, 2.24) is 15.5 Å². The van der Waals surface area contributed by atoms with Crippen molar-refractivity contribution in [3.8, 4) is 5.75 Å². The lowest BCUT2D eigenvalue weighted by molar-refractivity contribution is -0.123. The topological polar surface area (TPSA) is 96.5 Å². The van der Waals surface area contributed by atoms with Gasteiger partial charge in [0.15, 0.2) is 17.6 Å². The largest absolute Gasteiger partial charge is 0.484 e. The van der Waals surface area contributed by atoms with Crippen LogP contribution in [0.3, 0.4) is 0 Å². The van der Waals surface area contributed by atoms with Gasteiger partial charge in [-0.3, -0.25) is 9.59 Å². The van der Waals surface area contributed by atoms with E-state index >= 15 is 0 Å². The third-order valence-electron chi connectivity index (χ3n) is 4.58. The van der Waals surface area contributed by atoms with Gasteiger partial charge in [0, 0.05) is 31.4 Å². The average molecular weight is 418 g/mol. The number of carbonyl (C=O) groups excluding carboxylic acids is 2. The second-order valence-corrected chi connectivity index (χ2v) is 7.15. The molecule has 0 spiro atoms. The summed E-state index contributed by atoms with van der Waals surface area (Å²) in [6.45, 7) is 3.72. The van der Waals surface area contributed by atoms with Gasteiger partial charge in [-0.05, 0) is 44.0 Å². The summed E-state index contributed by atoms with van der Waals surface area (Å²) in [6, 6.07) is 10.5. The maximum absolute atomic E-state index is 12.8. The van der Waals surface area contributed by atoms with Crippen LogP contribution in [-0.2, 0) is 9.59 Å². The molecule has 2 heterocycles. The third-order valence-corrected chi connectivity index (χ3v) is 4.78. The Bertz CT molecular complexity index is 846. The standard InChI is InChI=1S/C20H24ClN5O3/c1-2-22-19(27)13-29-16-7-3-6-15(11-16)23-20(28)14-5-4-10-26(12-14)18-9-8-17(21)24-25-18/h3,6-9,11,14H,2,4-5,10,12-13H2,1H3,(H,22,27)(H,23,28)/t14-/m1/s1. The van der Waals surface area contributed by atoms with Crippen molar-refractivity contribution in [3.05, 3.63) is 41.6 Å². The minimum absolute atomic E-state index is 0.0579. The van der Waals surface area contributed by atoms with Crippen molar-refractivity contribution in [1.29, 1.82) is 0 Å². The first-order valence-electron chi connectivity index (χ1n) is 9.59. The molecule has 2 N–H and O–H groups in total. The molecule has 0 unspecified atom stereocenters. The lowest BCUT2D eigenvalue weighted by atomic mass is 9.97. The van der Waals surface area contributed by atoms with E-state index in [1.807, 2.05) is 17.9 Å². The van der Waals surface area contributed by atoms with Crippen molar-refractivity contribution in [3.63, 3.8) is 0 Å². The van der Waals surface area contributed by atoms with Crippen LogP contribution < -0.4 is 20.3 Å². The fourth-order valence-corrected chi connectivity index (χ4v) is 3.28. The number of nitrogens with one attached hydrogen (secondary N) is 2. The summed E-state index contributed by atoms with van der Waals surface area (Å²) in [4.78, 5) is 26.3. The minimum atomic E-state index is -0.186. The first-order chi connectivity index (χ1) is 14.0. The number of amides is 2. The van der Waals surface area contributed by atoms with Crippen molar-refractivity contribution in [2.45, 2.75) is 19.8 Å². The fraction of sp³-hybridized carbons (Fsp3) is 0.400. The van der Waals surface area contributed by atoms with Gasteiger partial charge < -0.3 is 20.3 Å². The fourth-order valence-electron chi connectivity index (χ4n) is 3.18. The van der Waals surface area contributed by atoms with E-state index in [0.717, 1.165) is 19.4 Å². The lowest BCUT2D eigenvalue weighted by Crippen LogP contribution is -2.41. The molecular formula is C20H24ClN5O3. The Hall–Kier alpha value is -2.87. The molecule has 2 amide bonds. The van der Waals surface area contributed by atoms with Crippen LogP contribution in [0.25, 0.3) is 0 Å². The van der Waals surface area contributed by atoms with Crippen molar-refractivity contribution in [2.24, 2.45) is 5.92 Å². The number of likely N-dealkylation sites (N-methyl/N-ethyl adjacent to an activating group) is 1. The molecule has 0 saturated carbocycles. The van der Waals surface area contributed by atoms with E-state index in [9.17, 15) is 9.59 Å². The molecular weight excluding hydrogens is 394 g/mol. The number of piperidine rings is 1. The van der Waals surface area contributed by atoms with Gasteiger partial charge in [-0.15, -0.1) is 10.2 Å². The Morgan fingerprint density at radius 2 is 2.14 bits per heavy atom. The SMILES string of the molecule is CCNC(=O)COc1cccc(NC(=O)[C@@H]2CCCN(c3ccc(Cl)nn3)C2)c1. The van der Waals surface area contributed by atoms with E-state index in [2.05, 4.69) is 20.8 Å². The minimum Gasteiger partial charge on any atom is -0.484 e. The van der Waals surface area contributed by atoms with Crippen molar-refractivity contribution in [2.75, 3.05) is 36.5 Å².